The van der Waals surface area contributed by atoms with Gasteiger partial charge in [0, 0.05) is 18.9 Å². The van der Waals surface area contributed by atoms with Gasteiger partial charge in [0.2, 0.25) is 0 Å². The molecule has 1 N–H and O–H groups in total. The lowest BCUT2D eigenvalue weighted by molar-refractivity contribution is -0.141. The van der Waals surface area contributed by atoms with E-state index in [1.807, 2.05) is 13.0 Å². The molecule has 106 valence electrons. The molecule has 1 aromatic carbocycles. The van der Waals surface area contributed by atoms with Crippen LogP contribution in [0.1, 0.15) is 21.6 Å². The fourth-order valence-electron chi connectivity index (χ4n) is 1.79. The highest BCUT2D eigenvalue weighted by Crippen LogP contribution is 2.30. The van der Waals surface area contributed by atoms with Crippen LogP contribution in [-0.4, -0.2) is 15.7 Å². The van der Waals surface area contributed by atoms with Crippen LogP contribution in [0.5, 0.6) is 0 Å². The second-order valence-electron chi connectivity index (χ2n) is 4.39. The molecule has 1 amide bonds. The minimum atomic E-state index is -4.67. The van der Waals surface area contributed by atoms with Crippen molar-refractivity contribution in [3.8, 4) is 0 Å². The number of aryl methyl sites for hydroxylation is 2. The van der Waals surface area contributed by atoms with E-state index in [1.165, 1.54) is 7.05 Å². The number of nitrogens with one attached hydrogen (secondary N) is 1. The Morgan fingerprint density at radius 1 is 1.35 bits per heavy atom. The second kappa shape index (κ2) is 4.99. The van der Waals surface area contributed by atoms with Crippen molar-refractivity contribution in [3.05, 3.63) is 47.3 Å². The number of amides is 1. The number of alkyl halides is 3. The van der Waals surface area contributed by atoms with Gasteiger partial charge in [-0.3, -0.25) is 9.48 Å². The lowest BCUT2D eigenvalue weighted by Gasteiger charge is -2.07. The van der Waals surface area contributed by atoms with Crippen LogP contribution in [0.3, 0.4) is 0 Å². The average molecular weight is 283 g/mol. The number of hydrogen-bond acceptors (Lipinski definition) is 2. The monoisotopic (exact) mass is 283 g/mol. The molecular weight excluding hydrogens is 271 g/mol. The largest absolute Gasteiger partial charge is 0.435 e. The topological polar surface area (TPSA) is 46.9 Å². The molecule has 0 aliphatic heterocycles. The molecule has 0 aliphatic rings. The number of nitrogens with zero attached hydrogens (tertiary/aromatic N) is 2. The van der Waals surface area contributed by atoms with Crippen molar-refractivity contribution >= 4 is 11.6 Å². The number of carbonyl (C=O) groups is 1. The van der Waals surface area contributed by atoms with Gasteiger partial charge in [-0.2, -0.15) is 18.3 Å². The Morgan fingerprint density at radius 3 is 2.65 bits per heavy atom. The van der Waals surface area contributed by atoms with Crippen LogP contribution >= 0.6 is 0 Å². The summed E-state index contributed by atoms with van der Waals surface area (Å²) in [4.78, 5) is 11.9. The Labute approximate surface area is 113 Å². The molecule has 0 spiro atoms. The normalized spacial score (nSPS) is 11.4. The summed E-state index contributed by atoms with van der Waals surface area (Å²) < 4.78 is 39.3. The van der Waals surface area contributed by atoms with Crippen molar-refractivity contribution in [1.29, 1.82) is 0 Å². The standard InChI is InChI=1S/C13H12F3N3O/c1-8-4-3-5-9(6-8)17-12(20)10-7-19(2)18-11(10)13(14,15)16/h3-7H,1-2H3,(H,17,20). The first-order chi connectivity index (χ1) is 9.27. The van der Waals surface area contributed by atoms with E-state index >= 15 is 0 Å². The van der Waals surface area contributed by atoms with Gasteiger partial charge < -0.3 is 5.32 Å². The van der Waals surface area contributed by atoms with Crippen LogP contribution in [0.2, 0.25) is 0 Å². The van der Waals surface area contributed by atoms with Gasteiger partial charge in [-0.05, 0) is 24.6 Å². The van der Waals surface area contributed by atoms with Crippen LogP contribution in [-0.2, 0) is 13.2 Å². The van der Waals surface area contributed by atoms with E-state index in [0.29, 0.717) is 5.69 Å². The highest BCUT2D eigenvalue weighted by atomic mass is 19.4. The van der Waals surface area contributed by atoms with Crippen LogP contribution in [0, 0.1) is 6.92 Å². The highest BCUT2D eigenvalue weighted by Gasteiger charge is 2.38. The molecule has 0 saturated carbocycles. The first-order valence-corrected chi connectivity index (χ1v) is 5.76. The smallest absolute Gasteiger partial charge is 0.322 e. The number of carbonyl (C=O) groups excluding carboxylic acids is 1. The third kappa shape index (κ3) is 2.98. The van der Waals surface area contributed by atoms with E-state index in [9.17, 15) is 18.0 Å². The Balaban J connectivity index is 2.30. The van der Waals surface area contributed by atoms with Crippen LogP contribution < -0.4 is 5.32 Å². The van der Waals surface area contributed by atoms with Gasteiger partial charge in [-0.1, -0.05) is 12.1 Å². The van der Waals surface area contributed by atoms with Crippen LogP contribution in [0.4, 0.5) is 18.9 Å². The number of hydrogen-bond donors (Lipinski definition) is 1. The van der Waals surface area contributed by atoms with E-state index in [1.54, 1.807) is 18.2 Å². The molecule has 0 saturated heterocycles. The van der Waals surface area contributed by atoms with E-state index in [0.717, 1.165) is 16.4 Å². The van der Waals surface area contributed by atoms with Gasteiger partial charge >= 0.3 is 6.18 Å². The summed E-state index contributed by atoms with van der Waals surface area (Å²) in [7, 11) is 1.33. The molecule has 0 aliphatic carbocycles. The number of anilines is 1. The maximum Gasteiger partial charge on any atom is 0.435 e. The average Bonchev–Trinajstić information content (AvgIpc) is 2.71. The first kappa shape index (κ1) is 14.1. The van der Waals surface area contributed by atoms with E-state index in [4.69, 9.17) is 0 Å². The quantitative estimate of drug-likeness (QED) is 0.921. The predicted octanol–water partition coefficient (Wildman–Crippen LogP) is 3.00. The molecule has 0 unspecified atom stereocenters. The zero-order valence-corrected chi connectivity index (χ0v) is 10.8. The van der Waals surface area contributed by atoms with Crippen molar-refractivity contribution < 1.29 is 18.0 Å². The van der Waals surface area contributed by atoms with Gasteiger partial charge in [0.25, 0.3) is 5.91 Å². The maximum absolute atomic E-state index is 12.8. The molecule has 2 aromatic rings. The third-order valence-corrected chi connectivity index (χ3v) is 2.62. The molecule has 7 heteroatoms. The Kier molecular flexibility index (Phi) is 3.52. The molecule has 4 nitrogen and oxygen atoms in total. The molecule has 0 atom stereocenters. The molecule has 1 aromatic heterocycles. The highest BCUT2D eigenvalue weighted by molar-refractivity contribution is 6.05. The van der Waals surface area contributed by atoms with Crippen molar-refractivity contribution in [1.82, 2.24) is 9.78 Å². The molecule has 0 fully saturated rings. The van der Waals surface area contributed by atoms with Gasteiger partial charge in [-0.25, -0.2) is 0 Å². The zero-order valence-electron chi connectivity index (χ0n) is 10.8. The van der Waals surface area contributed by atoms with Crippen molar-refractivity contribution in [2.24, 2.45) is 7.05 Å². The van der Waals surface area contributed by atoms with Crippen molar-refractivity contribution in [2.45, 2.75) is 13.1 Å². The number of rotatable bonds is 2. The number of aromatic nitrogens is 2. The van der Waals surface area contributed by atoms with E-state index < -0.39 is 23.3 Å². The Hall–Kier alpha value is -2.31. The van der Waals surface area contributed by atoms with Gasteiger partial charge in [0.15, 0.2) is 5.69 Å². The predicted molar refractivity (Wildman–Crippen MR) is 67.3 cm³/mol. The minimum absolute atomic E-state index is 0.437. The second-order valence-corrected chi connectivity index (χ2v) is 4.39. The summed E-state index contributed by atoms with van der Waals surface area (Å²) >= 11 is 0. The molecule has 1 heterocycles. The Bertz CT molecular complexity index is 647. The fraction of sp³-hybridized carbons (Fsp3) is 0.231. The van der Waals surface area contributed by atoms with Crippen LogP contribution in [0.25, 0.3) is 0 Å². The lowest BCUT2D eigenvalue weighted by atomic mass is 10.2. The molecule has 20 heavy (non-hydrogen) atoms. The number of benzene rings is 1. The third-order valence-electron chi connectivity index (χ3n) is 2.62. The summed E-state index contributed by atoms with van der Waals surface area (Å²) in [6, 6.07) is 6.80. The summed E-state index contributed by atoms with van der Waals surface area (Å²) in [5.41, 5.74) is -0.358. The Morgan fingerprint density at radius 2 is 2.05 bits per heavy atom. The van der Waals surface area contributed by atoms with Crippen molar-refractivity contribution in [2.75, 3.05) is 5.32 Å². The first-order valence-electron chi connectivity index (χ1n) is 5.76. The SMILES string of the molecule is Cc1cccc(NC(=O)c2cn(C)nc2C(F)(F)F)c1. The van der Waals surface area contributed by atoms with Gasteiger partial charge in [-0.15, -0.1) is 0 Å². The molecular formula is C13H12F3N3O. The van der Waals surface area contributed by atoms with Gasteiger partial charge in [0.05, 0.1) is 5.56 Å². The molecule has 2 rings (SSSR count). The lowest BCUT2D eigenvalue weighted by Crippen LogP contribution is -2.17. The summed E-state index contributed by atoms with van der Waals surface area (Å²) in [6.45, 7) is 1.82. The summed E-state index contributed by atoms with van der Waals surface area (Å²) in [5.74, 6) is -0.837. The summed E-state index contributed by atoms with van der Waals surface area (Å²) in [6.07, 6.45) is -3.62. The van der Waals surface area contributed by atoms with E-state index in [-0.39, 0.29) is 0 Å². The van der Waals surface area contributed by atoms with Crippen molar-refractivity contribution in [3.63, 3.8) is 0 Å². The summed E-state index contributed by atoms with van der Waals surface area (Å²) in [5, 5.41) is 5.73. The fourth-order valence-corrected chi connectivity index (χ4v) is 1.79. The minimum Gasteiger partial charge on any atom is -0.322 e. The molecule has 0 radical (unpaired) electrons. The maximum atomic E-state index is 12.8. The van der Waals surface area contributed by atoms with Gasteiger partial charge in [0.1, 0.15) is 0 Å². The zero-order chi connectivity index (χ0) is 14.9. The van der Waals surface area contributed by atoms with Crippen LogP contribution in [0.15, 0.2) is 30.5 Å². The number of halogens is 3. The molecule has 0 bridgehead atoms. The van der Waals surface area contributed by atoms with E-state index in [2.05, 4.69) is 10.4 Å².